The molecule has 134 valence electrons. The van der Waals surface area contributed by atoms with E-state index in [1.165, 1.54) is 23.5 Å². The topological polar surface area (TPSA) is 62.5 Å². The fraction of sp³-hybridized carbons (Fsp3) is 0.444. The van der Waals surface area contributed by atoms with Crippen LogP contribution in [0.1, 0.15) is 24.1 Å². The number of carbonyl (C=O) groups excluding carboxylic acids is 1. The number of benzene rings is 1. The smallest absolute Gasteiger partial charge is 0.223 e. The summed E-state index contributed by atoms with van der Waals surface area (Å²) in [5.41, 5.74) is 7.61. The molecule has 2 heterocycles. The maximum Gasteiger partial charge on any atom is 0.223 e. The van der Waals surface area contributed by atoms with E-state index in [1.54, 1.807) is 0 Å². The zero-order chi connectivity index (χ0) is 17.6. The van der Waals surface area contributed by atoms with Gasteiger partial charge in [-0.25, -0.2) is 9.37 Å². The second-order valence-corrected chi connectivity index (χ2v) is 7.20. The third-order valence-corrected chi connectivity index (χ3v) is 5.15. The van der Waals surface area contributed by atoms with E-state index in [4.69, 9.17) is 5.73 Å². The van der Waals surface area contributed by atoms with E-state index in [1.807, 2.05) is 22.4 Å². The molecule has 0 atom stereocenters. The van der Waals surface area contributed by atoms with Crippen molar-refractivity contribution in [2.45, 2.75) is 25.8 Å². The van der Waals surface area contributed by atoms with Crippen molar-refractivity contribution in [3.05, 3.63) is 46.7 Å². The number of nitrogens with zero attached hydrogens (tertiary/aromatic N) is 3. The average Bonchev–Trinajstić information content (AvgIpc) is 2.88. The molecule has 2 aromatic rings. The lowest BCUT2D eigenvalue weighted by Gasteiger charge is -2.22. The molecule has 2 N–H and O–H groups in total. The Labute approximate surface area is 151 Å². The predicted octanol–water partition coefficient (Wildman–Crippen LogP) is 2.53. The van der Waals surface area contributed by atoms with Gasteiger partial charge in [0.1, 0.15) is 5.82 Å². The first-order valence-corrected chi connectivity index (χ1v) is 9.42. The highest BCUT2D eigenvalue weighted by molar-refractivity contribution is 7.13. The molecule has 25 heavy (non-hydrogen) atoms. The highest BCUT2D eigenvalue weighted by atomic mass is 32.1. The number of carbonyl (C=O) groups is 1. The fourth-order valence-corrected chi connectivity index (χ4v) is 3.65. The van der Waals surface area contributed by atoms with Gasteiger partial charge in [0, 0.05) is 44.5 Å². The molecule has 1 aromatic heterocycles. The third-order valence-electron chi connectivity index (χ3n) is 4.43. The highest BCUT2D eigenvalue weighted by Gasteiger charge is 2.19. The summed E-state index contributed by atoms with van der Waals surface area (Å²) in [5, 5.41) is 2.46. The van der Waals surface area contributed by atoms with E-state index in [2.05, 4.69) is 9.88 Å². The molecule has 1 aliphatic rings. The summed E-state index contributed by atoms with van der Waals surface area (Å²) < 4.78 is 13.0. The fourth-order valence-electron chi connectivity index (χ4n) is 3.06. The molecular weight excluding hydrogens is 339 g/mol. The molecule has 1 saturated heterocycles. The van der Waals surface area contributed by atoms with Crippen LogP contribution in [0, 0.1) is 5.82 Å². The van der Waals surface area contributed by atoms with E-state index in [9.17, 15) is 9.18 Å². The Morgan fingerprint density at radius 3 is 2.72 bits per heavy atom. The molecule has 0 unspecified atom stereocenters. The van der Waals surface area contributed by atoms with E-state index in [0.29, 0.717) is 18.0 Å². The van der Waals surface area contributed by atoms with E-state index in [-0.39, 0.29) is 11.7 Å². The first kappa shape index (κ1) is 17.8. The Bertz CT molecular complexity index is 703. The molecule has 1 aliphatic heterocycles. The Morgan fingerprint density at radius 1 is 1.20 bits per heavy atom. The number of rotatable bonds is 5. The number of nitrogen functional groups attached to an aromatic ring is 1. The SMILES string of the molecule is Nc1nc(CCC(=O)N2CCCN(Cc3ccc(F)cc3)CC2)cs1. The van der Waals surface area contributed by atoms with Gasteiger partial charge < -0.3 is 10.6 Å². The number of anilines is 1. The molecule has 7 heteroatoms. The maximum atomic E-state index is 13.0. The molecule has 0 aliphatic carbocycles. The van der Waals surface area contributed by atoms with Crippen molar-refractivity contribution in [3.63, 3.8) is 0 Å². The standard InChI is InChI=1S/C18H23FN4OS/c19-15-4-2-14(3-5-15)12-22-8-1-9-23(11-10-22)17(24)7-6-16-13-25-18(20)21-16/h2-5,13H,1,6-12H2,(H2,20,21). The van der Waals surface area contributed by atoms with E-state index < -0.39 is 0 Å². The molecule has 3 rings (SSSR count). The normalized spacial score (nSPS) is 16.0. The van der Waals surface area contributed by atoms with Crippen molar-refractivity contribution < 1.29 is 9.18 Å². The second-order valence-electron chi connectivity index (χ2n) is 6.31. The number of hydrogen-bond donors (Lipinski definition) is 1. The first-order chi connectivity index (χ1) is 12.1. The number of nitrogens with two attached hydrogens (primary N) is 1. The predicted molar refractivity (Wildman–Crippen MR) is 97.7 cm³/mol. The van der Waals surface area contributed by atoms with Gasteiger partial charge in [0.15, 0.2) is 5.13 Å². The molecule has 0 spiro atoms. The molecule has 0 radical (unpaired) electrons. The molecule has 1 aromatic carbocycles. The van der Waals surface area contributed by atoms with E-state index in [0.717, 1.165) is 50.4 Å². The van der Waals surface area contributed by atoms with Crippen molar-refractivity contribution in [3.8, 4) is 0 Å². The summed E-state index contributed by atoms with van der Waals surface area (Å²) >= 11 is 1.41. The molecule has 1 amide bonds. The summed E-state index contributed by atoms with van der Waals surface area (Å²) in [6, 6.07) is 6.63. The van der Waals surface area contributed by atoms with Crippen LogP contribution in [-0.2, 0) is 17.8 Å². The van der Waals surface area contributed by atoms with Crippen LogP contribution in [0.3, 0.4) is 0 Å². The van der Waals surface area contributed by atoms with Crippen LogP contribution in [0.25, 0.3) is 0 Å². The molecule has 0 bridgehead atoms. The number of hydrogen-bond acceptors (Lipinski definition) is 5. The second kappa shape index (κ2) is 8.40. The zero-order valence-corrected chi connectivity index (χ0v) is 15.0. The van der Waals surface area contributed by atoms with Gasteiger partial charge in [0.2, 0.25) is 5.91 Å². The van der Waals surface area contributed by atoms with Crippen molar-refractivity contribution in [1.29, 1.82) is 0 Å². The van der Waals surface area contributed by atoms with Crippen LogP contribution in [0.5, 0.6) is 0 Å². The number of thiazole rings is 1. The Balaban J connectivity index is 1.47. The van der Waals surface area contributed by atoms with Crippen molar-refractivity contribution in [1.82, 2.24) is 14.8 Å². The van der Waals surface area contributed by atoms with Crippen LogP contribution in [0.2, 0.25) is 0 Å². The number of aromatic nitrogens is 1. The number of halogens is 1. The van der Waals surface area contributed by atoms with Gasteiger partial charge in [-0.05, 0) is 30.5 Å². The lowest BCUT2D eigenvalue weighted by molar-refractivity contribution is -0.131. The third kappa shape index (κ3) is 5.24. The van der Waals surface area contributed by atoms with Crippen LogP contribution in [-0.4, -0.2) is 46.9 Å². The summed E-state index contributed by atoms with van der Waals surface area (Å²) in [6.07, 6.45) is 2.07. The Hall–Kier alpha value is -1.99. The van der Waals surface area contributed by atoms with Crippen LogP contribution >= 0.6 is 11.3 Å². The lowest BCUT2D eigenvalue weighted by Crippen LogP contribution is -2.35. The van der Waals surface area contributed by atoms with Crippen LogP contribution in [0.15, 0.2) is 29.6 Å². The molecule has 1 fully saturated rings. The van der Waals surface area contributed by atoms with Gasteiger partial charge in [0.25, 0.3) is 0 Å². The summed E-state index contributed by atoms with van der Waals surface area (Å²) in [5.74, 6) is -0.0338. The van der Waals surface area contributed by atoms with Gasteiger partial charge in [-0.3, -0.25) is 9.69 Å². The van der Waals surface area contributed by atoms with Gasteiger partial charge in [0.05, 0.1) is 5.69 Å². The highest BCUT2D eigenvalue weighted by Crippen LogP contribution is 2.14. The molecule has 5 nitrogen and oxygen atoms in total. The van der Waals surface area contributed by atoms with Gasteiger partial charge in [-0.15, -0.1) is 11.3 Å². The minimum Gasteiger partial charge on any atom is -0.375 e. The first-order valence-electron chi connectivity index (χ1n) is 8.54. The zero-order valence-electron chi connectivity index (χ0n) is 14.2. The van der Waals surface area contributed by atoms with Crippen molar-refractivity contribution in [2.24, 2.45) is 0 Å². The lowest BCUT2D eigenvalue weighted by atomic mass is 10.2. The minimum absolute atomic E-state index is 0.176. The largest absolute Gasteiger partial charge is 0.375 e. The monoisotopic (exact) mass is 362 g/mol. The van der Waals surface area contributed by atoms with Crippen molar-refractivity contribution in [2.75, 3.05) is 31.9 Å². The van der Waals surface area contributed by atoms with Gasteiger partial charge in [-0.2, -0.15) is 0 Å². The van der Waals surface area contributed by atoms with Crippen LogP contribution in [0.4, 0.5) is 9.52 Å². The minimum atomic E-state index is -0.210. The molecular formula is C18H23FN4OS. The summed E-state index contributed by atoms with van der Waals surface area (Å²) in [6.45, 7) is 4.11. The Morgan fingerprint density at radius 2 is 2.00 bits per heavy atom. The van der Waals surface area contributed by atoms with Crippen LogP contribution < -0.4 is 5.73 Å². The maximum absolute atomic E-state index is 13.0. The van der Waals surface area contributed by atoms with Gasteiger partial charge in [-0.1, -0.05) is 12.1 Å². The Kier molecular flexibility index (Phi) is 5.99. The van der Waals surface area contributed by atoms with E-state index >= 15 is 0 Å². The van der Waals surface area contributed by atoms with Gasteiger partial charge >= 0.3 is 0 Å². The average molecular weight is 362 g/mol. The van der Waals surface area contributed by atoms with Crippen molar-refractivity contribution >= 4 is 22.4 Å². The number of aryl methyl sites for hydroxylation is 1. The molecule has 0 saturated carbocycles. The number of amides is 1. The summed E-state index contributed by atoms with van der Waals surface area (Å²) in [7, 11) is 0. The quantitative estimate of drug-likeness (QED) is 0.888. The summed E-state index contributed by atoms with van der Waals surface area (Å²) in [4.78, 5) is 20.9.